The molecule has 0 radical (unpaired) electrons. The number of hydrogen-bond acceptors (Lipinski definition) is 2. The normalized spacial score (nSPS) is 13.2. The zero-order valence-corrected chi connectivity index (χ0v) is 10.1. The molecule has 0 saturated heterocycles. The van der Waals surface area contributed by atoms with Gasteiger partial charge < -0.3 is 5.32 Å². The minimum absolute atomic E-state index is 0.827. The summed E-state index contributed by atoms with van der Waals surface area (Å²) >= 11 is 4.39. The third-order valence-electron chi connectivity index (χ3n) is 2.38. The topological polar surface area (TPSA) is 12.0 Å². The van der Waals surface area contributed by atoms with Gasteiger partial charge in [-0.25, -0.2) is 0 Å². The van der Waals surface area contributed by atoms with Crippen LogP contribution in [0.5, 0.6) is 0 Å². The summed E-state index contributed by atoms with van der Waals surface area (Å²) in [5.74, 6) is 1.88. The van der Waals surface area contributed by atoms with Crippen molar-refractivity contribution in [1.82, 2.24) is 5.32 Å². The largest absolute Gasteiger partial charge is 0.317 e. The molecule has 0 amide bonds. The van der Waals surface area contributed by atoms with Gasteiger partial charge in [-0.05, 0) is 44.0 Å². The minimum Gasteiger partial charge on any atom is -0.317 e. The molecule has 1 atom stereocenters. The molecule has 0 aromatic rings. The van der Waals surface area contributed by atoms with Crippen LogP contribution in [0.2, 0.25) is 0 Å². The maximum Gasteiger partial charge on any atom is -0.00460 e. The van der Waals surface area contributed by atoms with Crippen LogP contribution in [0, 0.1) is 5.92 Å². The van der Waals surface area contributed by atoms with E-state index in [1.165, 1.54) is 38.6 Å². The summed E-state index contributed by atoms with van der Waals surface area (Å²) in [5.41, 5.74) is 0. The van der Waals surface area contributed by atoms with E-state index in [9.17, 15) is 0 Å². The van der Waals surface area contributed by atoms with Gasteiger partial charge in [0.05, 0.1) is 0 Å². The Hall–Kier alpha value is 0.310. The number of hydrogen-bond donors (Lipinski definition) is 2. The second-order valence-electron chi connectivity index (χ2n) is 3.73. The van der Waals surface area contributed by atoms with Gasteiger partial charge in [-0.2, -0.15) is 12.6 Å². The van der Waals surface area contributed by atoms with Gasteiger partial charge in [0.2, 0.25) is 0 Å². The van der Waals surface area contributed by atoms with Gasteiger partial charge in [-0.15, -0.1) is 0 Å². The molecular weight excluding hydrogens is 178 g/mol. The molecule has 0 rings (SSSR count). The highest BCUT2D eigenvalue weighted by Crippen LogP contribution is 2.13. The van der Waals surface area contributed by atoms with Gasteiger partial charge in [0.1, 0.15) is 0 Å². The van der Waals surface area contributed by atoms with E-state index in [2.05, 4.69) is 31.8 Å². The lowest BCUT2D eigenvalue weighted by Gasteiger charge is -2.13. The monoisotopic (exact) mass is 203 g/mol. The Balaban J connectivity index is 3.25. The van der Waals surface area contributed by atoms with Crippen LogP contribution in [0.1, 0.15) is 46.0 Å². The lowest BCUT2D eigenvalue weighted by atomic mass is 10.0. The summed E-state index contributed by atoms with van der Waals surface area (Å²) in [6, 6.07) is 0. The summed E-state index contributed by atoms with van der Waals surface area (Å²) in [6.07, 6.45) is 6.56. The van der Waals surface area contributed by atoms with Crippen molar-refractivity contribution < 1.29 is 0 Å². The highest BCUT2D eigenvalue weighted by Gasteiger charge is 2.04. The third-order valence-corrected chi connectivity index (χ3v) is 2.90. The van der Waals surface area contributed by atoms with Crippen molar-refractivity contribution >= 4 is 12.6 Å². The molecule has 1 N–H and O–H groups in total. The molecule has 0 fully saturated rings. The van der Waals surface area contributed by atoms with Gasteiger partial charge in [0, 0.05) is 0 Å². The van der Waals surface area contributed by atoms with Gasteiger partial charge in [-0.3, -0.25) is 0 Å². The molecule has 0 saturated carbocycles. The Morgan fingerprint density at radius 1 is 1.08 bits per heavy atom. The van der Waals surface area contributed by atoms with Crippen molar-refractivity contribution in [2.75, 3.05) is 18.8 Å². The fraction of sp³-hybridized carbons (Fsp3) is 1.00. The van der Waals surface area contributed by atoms with E-state index >= 15 is 0 Å². The lowest BCUT2D eigenvalue weighted by Crippen LogP contribution is -2.19. The molecule has 0 aliphatic heterocycles. The Kier molecular flexibility index (Phi) is 10.6. The van der Waals surface area contributed by atoms with Crippen LogP contribution >= 0.6 is 12.6 Å². The maximum absolute atomic E-state index is 4.39. The van der Waals surface area contributed by atoms with Crippen LogP contribution in [-0.2, 0) is 0 Å². The predicted molar refractivity (Wildman–Crippen MR) is 64.6 cm³/mol. The molecule has 0 spiro atoms. The number of rotatable bonds is 9. The molecule has 13 heavy (non-hydrogen) atoms. The van der Waals surface area contributed by atoms with E-state index in [1.54, 1.807) is 0 Å². The lowest BCUT2D eigenvalue weighted by molar-refractivity contribution is 0.461. The average molecular weight is 203 g/mol. The van der Waals surface area contributed by atoms with Gasteiger partial charge in [-0.1, -0.05) is 26.7 Å². The average Bonchev–Trinajstić information content (AvgIpc) is 2.17. The first-order valence-electron chi connectivity index (χ1n) is 5.66. The molecular formula is C11H25NS. The van der Waals surface area contributed by atoms with Crippen LogP contribution in [0.3, 0.4) is 0 Å². The van der Waals surface area contributed by atoms with Crippen LogP contribution in [0.4, 0.5) is 0 Å². The Bertz CT molecular complexity index is 96.1. The SMILES string of the molecule is CCCCC(CS)CCNCCC. The summed E-state index contributed by atoms with van der Waals surface area (Å²) in [5, 5.41) is 3.44. The standard InChI is InChI=1S/C11H25NS/c1-3-5-6-11(10-13)7-9-12-8-4-2/h11-13H,3-10H2,1-2H3. The van der Waals surface area contributed by atoms with E-state index in [-0.39, 0.29) is 0 Å². The first-order chi connectivity index (χ1) is 6.35. The van der Waals surface area contributed by atoms with E-state index < -0.39 is 0 Å². The van der Waals surface area contributed by atoms with Crippen LogP contribution in [-0.4, -0.2) is 18.8 Å². The van der Waals surface area contributed by atoms with Crippen molar-refractivity contribution in [2.45, 2.75) is 46.0 Å². The second-order valence-corrected chi connectivity index (χ2v) is 4.09. The molecule has 0 bridgehead atoms. The van der Waals surface area contributed by atoms with E-state index in [0.717, 1.165) is 18.2 Å². The molecule has 1 unspecified atom stereocenters. The molecule has 0 aliphatic carbocycles. The second kappa shape index (κ2) is 10.4. The fourth-order valence-electron chi connectivity index (χ4n) is 1.43. The first kappa shape index (κ1) is 13.3. The quantitative estimate of drug-likeness (QED) is 0.433. The molecule has 80 valence electrons. The summed E-state index contributed by atoms with van der Waals surface area (Å²) < 4.78 is 0. The zero-order valence-electron chi connectivity index (χ0n) is 9.18. The van der Waals surface area contributed by atoms with Crippen molar-refractivity contribution in [3.8, 4) is 0 Å². The van der Waals surface area contributed by atoms with E-state index in [4.69, 9.17) is 0 Å². The Labute approximate surface area is 89.1 Å². The van der Waals surface area contributed by atoms with Crippen molar-refractivity contribution in [3.63, 3.8) is 0 Å². The van der Waals surface area contributed by atoms with Crippen molar-refractivity contribution in [1.29, 1.82) is 0 Å². The number of nitrogens with one attached hydrogen (secondary N) is 1. The van der Waals surface area contributed by atoms with Gasteiger partial charge in [0.15, 0.2) is 0 Å². The highest BCUT2D eigenvalue weighted by molar-refractivity contribution is 7.80. The minimum atomic E-state index is 0.827. The molecule has 0 heterocycles. The van der Waals surface area contributed by atoms with Crippen molar-refractivity contribution in [3.05, 3.63) is 0 Å². The molecule has 1 nitrogen and oxygen atoms in total. The van der Waals surface area contributed by atoms with Gasteiger partial charge >= 0.3 is 0 Å². The highest BCUT2D eigenvalue weighted by atomic mass is 32.1. The van der Waals surface area contributed by atoms with Crippen molar-refractivity contribution in [2.24, 2.45) is 5.92 Å². The Morgan fingerprint density at radius 3 is 2.38 bits per heavy atom. The Morgan fingerprint density at radius 2 is 1.85 bits per heavy atom. The third kappa shape index (κ3) is 8.63. The molecule has 0 aliphatic rings. The summed E-state index contributed by atoms with van der Waals surface area (Å²) in [6.45, 7) is 6.79. The fourth-order valence-corrected chi connectivity index (χ4v) is 1.79. The van der Waals surface area contributed by atoms with E-state index in [0.29, 0.717) is 0 Å². The molecule has 0 aromatic heterocycles. The van der Waals surface area contributed by atoms with E-state index in [1.807, 2.05) is 0 Å². The predicted octanol–water partition coefficient (Wildman–Crippen LogP) is 3.11. The number of unbranched alkanes of at least 4 members (excludes halogenated alkanes) is 1. The smallest absolute Gasteiger partial charge is 0.00460 e. The molecule has 0 aromatic carbocycles. The summed E-state index contributed by atoms with van der Waals surface area (Å²) in [7, 11) is 0. The maximum atomic E-state index is 4.39. The number of thiol groups is 1. The van der Waals surface area contributed by atoms with Gasteiger partial charge in [0.25, 0.3) is 0 Å². The van der Waals surface area contributed by atoms with Crippen LogP contribution in [0.15, 0.2) is 0 Å². The molecule has 2 heteroatoms. The summed E-state index contributed by atoms with van der Waals surface area (Å²) in [4.78, 5) is 0. The first-order valence-corrected chi connectivity index (χ1v) is 6.29. The zero-order chi connectivity index (χ0) is 9.94. The van der Waals surface area contributed by atoms with Crippen LogP contribution < -0.4 is 5.32 Å². The van der Waals surface area contributed by atoms with Crippen LogP contribution in [0.25, 0.3) is 0 Å².